The Balaban J connectivity index is 1.94. The number of rotatable bonds is 3. The van der Waals surface area contributed by atoms with Crippen molar-refractivity contribution in [2.45, 2.75) is 38.9 Å². The molecule has 1 amide bonds. The van der Waals surface area contributed by atoms with Crippen molar-refractivity contribution in [3.63, 3.8) is 0 Å². The van der Waals surface area contributed by atoms with Crippen molar-refractivity contribution in [2.75, 3.05) is 19.6 Å². The van der Waals surface area contributed by atoms with Crippen molar-refractivity contribution in [3.05, 3.63) is 35.9 Å². The highest BCUT2D eigenvalue weighted by Crippen LogP contribution is 2.16. The highest BCUT2D eigenvalue weighted by molar-refractivity contribution is 5.85. The molecule has 1 aromatic rings. The average Bonchev–Trinajstić information content (AvgIpc) is 2.40. The molecule has 1 fully saturated rings. The van der Waals surface area contributed by atoms with Gasteiger partial charge in [0.15, 0.2) is 0 Å². The summed E-state index contributed by atoms with van der Waals surface area (Å²) in [5.41, 5.74) is 6.45. The van der Waals surface area contributed by atoms with Crippen molar-refractivity contribution in [2.24, 2.45) is 5.73 Å². The molecule has 20 heavy (non-hydrogen) atoms. The molecule has 1 heterocycles. The number of benzene rings is 1. The molecule has 0 aliphatic carbocycles. The van der Waals surface area contributed by atoms with E-state index < -0.39 is 5.54 Å². The predicted octanol–water partition coefficient (Wildman–Crippen LogP) is 1.46. The molecule has 0 aromatic heterocycles. The van der Waals surface area contributed by atoms with E-state index in [-0.39, 0.29) is 5.91 Å². The molecule has 4 nitrogen and oxygen atoms in total. The Morgan fingerprint density at radius 2 is 1.95 bits per heavy atom. The van der Waals surface area contributed by atoms with Crippen LogP contribution in [0.1, 0.15) is 26.3 Å². The van der Waals surface area contributed by atoms with Gasteiger partial charge in [0.25, 0.3) is 0 Å². The fraction of sp³-hybridized carbons (Fsp3) is 0.562. The fourth-order valence-corrected chi connectivity index (χ4v) is 2.64. The Labute approximate surface area is 121 Å². The smallest absolute Gasteiger partial charge is 0.242 e. The second kappa shape index (κ2) is 5.94. The molecule has 4 heteroatoms. The maximum absolute atomic E-state index is 12.2. The van der Waals surface area contributed by atoms with Crippen molar-refractivity contribution in [1.82, 2.24) is 9.80 Å². The number of hydrogen-bond donors (Lipinski definition) is 1. The van der Waals surface area contributed by atoms with Crippen molar-refractivity contribution in [3.8, 4) is 0 Å². The van der Waals surface area contributed by atoms with Gasteiger partial charge in [-0.2, -0.15) is 0 Å². The van der Waals surface area contributed by atoms with Gasteiger partial charge in [-0.05, 0) is 26.3 Å². The van der Waals surface area contributed by atoms with Gasteiger partial charge in [0.2, 0.25) is 5.91 Å². The van der Waals surface area contributed by atoms with E-state index >= 15 is 0 Å². The SMILES string of the molecule is CC1CN(C(=O)C(C)(C)N)CCN1Cc1ccccc1. The molecule has 1 atom stereocenters. The van der Waals surface area contributed by atoms with Gasteiger partial charge in [0.1, 0.15) is 0 Å². The lowest BCUT2D eigenvalue weighted by Crippen LogP contribution is -2.59. The van der Waals surface area contributed by atoms with Gasteiger partial charge >= 0.3 is 0 Å². The number of hydrogen-bond acceptors (Lipinski definition) is 3. The van der Waals surface area contributed by atoms with E-state index in [1.165, 1.54) is 5.56 Å². The summed E-state index contributed by atoms with van der Waals surface area (Å²) in [6, 6.07) is 10.8. The summed E-state index contributed by atoms with van der Waals surface area (Å²) in [4.78, 5) is 16.5. The van der Waals surface area contributed by atoms with Gasteiger partial charge in [-0.3, -0.25) is 9.69 Å². The van der Waals surface area contributed by atoms with Gasteiger partial charge in [0, 0.05) is 32.2 Å². The summed E-state index contributed by atoms with van der Waals surface area (Å²) in [6.07, 6.45) is 0. The Bertz CT molecular complexity index is 453. The first-order valence-corrected chi connectivity index (χ1v) is 7.24. The molecular weight excluding hydrogens is 250 g/mol. The summed E-state index contributed by atoms with van der Waals surface area (Å²) in [5, 5.41) is 0. The average molecular weight is 275 g/mol. The Morgan fingerprint density at radius 3 is 2.50 bits per heavy atom. The Morgan fingerprint density at radius 1 is 1.30 bits per heavy atom. The van der Waals surface area contributed by atoms with E-state index in [0.29, 0.717) is 6.04 Å². The zero-order valence-electron chi connectivity index (χ0n) is 12.7. The molecular formula is C16H25N3O. The molecule has 1 unspecified atom stereocenters. The van der Waals surface area contributed by atoms with Crippen LogP contribution < -0.4 is 5.73 Å². The molecule has 1 aliphatic rings. The molecule has 2 N–H and O–H groups in total. The lowest BCUT2D eigenvalue weighted by atomic mass is 10.0. The monoisotopic (exact) mass is 275 g/mol. The highest BCUT2D eigenvalue weighted by atomic mass is 16.2. The van der Waals surface area contributed by atoms with Crippen LogP contribution >= 0.6 is 0 Å². The molecule has 1 aromatic carbocycles. The normalized spacial score (nSPS) is 21.0. The van der Waals surface area contributed by atoms with Crippen LogP contribution in [-0.4, -0.2) is 46.9 Å². The molecule has 110 valence electrons. The molecule has 0 bridgehead atoms. The third-order valence-electron chi connectivity index (χ3n) is 3.83. The predicted molar refractivity (Wildman–Crippen MR) is 81.2 cm³/mol. The molecule has 1 saturated heterocycles. The van der Waals surface area contributed by atoms with E-state index in [9.17, 15) is 4.79 Å². The summed E-state index contributed by atoms with van der Waals surface area (Å²) >= 11 is 0. The molecule has 0 saturated carbocycles. The van der Waals surface area contributed by atoms with Crippen molar-refractivity contribution < 1.29 is 4.79 Å². The standard InChI is InChI=1S/C16H25N3O/c1-13-11-19(15(20)16(2,3)17)10-9-18(13)12-14-7-5-4-6-8-14/h4-8,13H,9-12,17H2,1-3H3. The van der Waals surface area contributed by atoms with E-state index in [2.05, 4.69) is 36.1 Å². The number of piperazine rings is 1. The second-order valence-electron chi connectivity index (χ2n) is 6.28. The summed E-state index contributed by atoms with van der Waals surface area (Å²) in [6.45, 7) is 9.08. The minimum atomic E-state index is -0.776. The quantitative estimate of drug-likeness (QED) is 0.908. The van der Waals surface area contributed by atoms with E-state index in [1.54, 1.807) is 13.8 Å². The maximum atomic E-state index is 12.2. The zero-order valence-corrected chi connectivity index (χ0v) is 12.7. The summed E-state index contributed by atoms with van der Waals surface area (Å²) < 4.78 is 0. The first-order chi connectivity index (χ1) is 9.38. The van der Waals surface area contributed by atoms with E-state index in [0.717, 1.165) is 26.2 Å². The van der Waals surface area contributed by atoms with Gasteiger partial charge < -0.3 is 10.6 Å². The van der Waals surface area contributed by atoms with E-state index in [4.69, 9.17) is 5.73 Å². The van der Waals surface area contributed by atoms with Crippen molar-refractivity contribution in [1.29, 1.82) is 0 Å². The zero-order chi connectivity index (χ0) is 14.8. The molecule has 2 rings (SSSR count). The lowest BCUT2D eigenvalue weighted by Gasteiger charge is -2.41. The van der Waals surface area contributed by atoms with Gasteiger partial charge in [-0.1, -0.05) is 30.3 Å². The third-order valence-corrected chi connectivity index (χ3v) is 3.83. The van der Waals surface area contributed by atoms with Gasteiger partial charge in [-0.25, -0.2) is 0 Å². The van der Waals surface area contributed by atoms with Crippen LogP contribution in [0, 0.1) is 0 Å². The summed E-state index contributed by atoms with van der Waals surface area (Å²) in [7, 11) is 0. The second-order valence-corrected chi connectivity index (χ2v) is 6.28. The third kappa shape index (κ3) is 3.58. The number of carbonyl (C=O) groups is 1. The largest absolute Gasteiger partial charge is 0.338 e. The molecule has 1 aliphatic heterocycles. The molecule has 0 radical (unpaired) electrons. The van der Waals surface area contributed by atoms with Gasteiger partial charge in [0.05, 0.1) is 5.54 Å². The van der Waals surface area contributed by atoms with Crippen LogP contribution in [0.5, 0.6) is 0 Å². The number of amides is 1. The fourth-order valence-electron chi connectivity index (χ4n) is 2.64. The van der Waals surface area contributed by atoms with Crippen molar-refractivity contribution >= 4 is 5.91 Å². The highest BCUT2D eigenvalue weighted by Gasteiger charge is 2.32. The minimum absolute atomic E-state index is 0.0451. The van der Waals surface area contributed by atoms with Crippen LogP contribution in [-0.2, 0) is 11.3 Å². The van der Waals surface area contributed by atoms with E-state index in [1.807, 2.05) is 11.0 Å². The number of nitrogens with zero attached hydrogens (tertiary/aromatic N) is 2. The number of carbonyl (C=O) groups excluding carboxylic acids is 1. The minimum Gasteiger partial charge on any atom is -0.338 e. The Hall–Kier alpha value is -1.39. The van der Waals surface area contributed by atoms with Crippen LogP contribution in [0.4, 0.5) is 0 Å². The first kappa shape index (κ1) is 15.0. The van der Waals surface area contributed by atoms with Crippen LogP contribution in [0.2, 0.25) is 0 Å². The Kier molecular flexibility index (Phi) is 4.45. The van der Waals surface area contributed by atoms with Crippen LogP contribution in [0.25, 0.3) is 0 Å². The first-order valence-electron chi connectivity index (χ1n) is 7.24. The van der Waals surface area contributed by atoms with Crippen LogP contribution in [0.15, 0.2) is 30.3 Å². The van der Waals surface area contributed by atoms with Crippen LogP contribution in [0.3, 0.4) is 0 Å². The van der Waals surface area contributed by atoms with Gasteiger partial charge in [-0.15, -0.1) is 0 Å². The topological polar surface area (TPSA) is 49.6 Å². The number of nitrogens with two attached hydrogens (primary N) is 1. The molecule has 0 spiro atoms. The maximum Gasteiger partial charge on any atom is 0.242 e. The summed E-state index contributed by atoms with van der Waals surface area (Å²) in [5.74, 6) is 0.0451. The lowest BCUT2D eigenvalue weighted by molar-refractivity contribution is -0.138.